The lowest BCUT2D eigenvalue weighted by Crippen LogP contribution is -2.48. The molecule has 3 aromatic rings. The van der Waals surface area contributed by atoms with Crippen LogP contribution in [0, 0.1) is 13.8 Å². The highest BCUT2D eigenvalue weighted by Crippen LogP contribution is 2.31. The van der Waals surface area contributed by atoms with Gasteiger partial charge in [-0.1, -0.05) is 11.3 Å². The molecule has 1 aliphatic rings. The Balaban J connectivity index is 1.42. The first-order chi connectivity index (χ1) is 13.5. The van der Waals surface area contributed by atoms with Gasteiger partial charge in [0.05, 0.1) is 16.8 Å². The minimum atomic E-state index is 0.0817. The largest absolute Gasteiger partial charge is 0.494 e. The quantitative estimate of drug-likeness (QED) is 0.662. The molecule has 0 atom stereocenters. The van der Waals surface area contributed by atoms with Crippen LogP contribution < -0.4 is 9.64 Å². The zero-order valence-electron chi connectivity index (χ0n) is 16.6. The molecule has 2 heterocycles. The molecule has 1 fully saturated rings. The van der Waals surface area contributed by atoms with Gasteiger partial charge in [-0.3, -0.25) is 4.79 Å². The lowest BCUT2D eigenvalue weighted by Gasteiger charge is -2.34. The molecule has 146 valence electrons. The van der Waals surface area contributed by atoms with Crippen LogP contribution in [0.15, 0.2) is 36.4 Å². The third-order valence-electron chi connectivity index (χ3n) is 5.24. The first kappa shape index (κ1) is 18.7. The fraction of sp³-hybridized carbons (Fsp3) is 0.364. The minimum Gasteiger partial charge on any atom is -0.494 e. The number of anilines is 1. The molecule has 5 nitrogen and oxygen atoms in total. The van der Waals surface area contributed by atoms with Gasteiger partial charge in [-0.2, -0.15) is 0 Å². The van der Waals surface area contributed by atoms with E-state index >= 15 is 0 Å². The van der Waals surface area contributed by atoms with Crippen LogP contribution in [0.4, 0.5) is 5.13 Å². The van der Waals surface area contributed by atoms with Crippen molar-refractivity contribution in [3.8, 4) is 5.75 Å². The number of hydrogen-bond donors (Lipinski definition) is 0. The molecule has 0 spiro atoms. The predicted molar refractivity (Wildman–Crippen MR) is 115 cm³/mol. The number of nitrogens with zero attached hydrogens (tertiary/aromatic N) is 3. The number of carbonyl (C=O) groups is 1. The molecule has 0 unspecified atom stereocenters. The Kier molecular flexibility index (Phi) is 5.22. The Hall–Kier alpha value is -2.60. The van der Waals surface area contributed by atoms with Crippen LogP contribution >= 0.6 is 11.3 Å². The van der Waals surface area contributed by atoms with E-state index in [0.717, 1.165) is 29.5 Å². The van der Waals surface area contributed by atoms with Crippen molar-refractivity contribution >= 4 is 32.6 Å². The van der Waals surface area contributed by atoms with Crippen molar-refractivity contribution in [2.24, 2.45) is 0 Å². The zero-order chi connectivity index (χ0) is 19.7. The molecule has 28 heavy (non-hydrogen) atoms. The molecule has 0 bridgehead atoms. The molecule has 0 radical (unpaired) electrons. The van der Waals surface area contributed by atoms with Crippen LogP contribution in [0.2, 0.25) is 0 Å². The van der Waals surface area contributed by atoms with Crippen LogP contribution in [-0.2, 0) is 0 Å². The number of carbonyl (C=O) groups excluding carboxylic acids is 1. The van der Waals surface area contributed by atoms with Gasteiger partial charge < -0.3 is 14.5 Å². The lowest BCUT2D eigenvalue weighted by molar-refractivity contribution is 0.0746. The van der Waals surface area contributed by atoms with Crippen molar-refractivity contribution in [3.63, 3.8) is 0 Å². The van der Waals surface area contributed by atoms with Crippen molar-refractivity contribution in [3.05, 3.63) is 53.1 Å². The summed E-state index contributed by atoms with van der Waals surface area (Å²) < 4.78 is 6.68. The number of rotatable bonds is 4. The fourth-order valence-corrected chi connectivity index (χ4v) is 4.54. The monoisotopic (exact) mass is 395 g/mol. The second-order valence-corrected chi connectivity index (χ2v) is 8.15. The summed E-state index contributed by atoms with van der Waals surface area (Å²) in [6.07, 6.45) is 0. The van der Waals surface area contributed by atoms with E-state index in [1.165, 1.54) is 15.8 Å². The molecule has 1 aliphatic heterocycles. The predicted octanol–water partition coefficient (Wildman–Crippen LogP) is 4.27. The van der Waals surface area contributed by atoms with Crippen LogP contribution in [0.5, 0.6) is 5.75 Å². The zero-order valence-corrected chi connectivity index (χ0v) is 17.4. The number of ether oxygens (including phenoxy) is 1. The van der Waals surface area contributed by atoms with Crippen molar-refractivity contribution in [1.29, 1.82) is 0 Å². The number of aryl methyl sites for hydroxylation is 2. The van der Waals surface area contributed by atoms with Crippen LogP contribution in [0.1, 0.15) is 28.4 Å². The van der Waals surface area contributed by atoms with Gasteiger partial charge in [0.1, 0.15) is 5.75 Å². The van der Waals surface area contributed by atoms with Crippen LogP contribution in [0.25, 0.3) is 10.2 Å². The Morgan fingerprint density at radius 1 is 1.07 bits per heavy atom. The van der Waals surface area contributed by atoms with Gasteiger partial charge in [0, 0.05) is 31.7 Å². The molecule has 1 amide bonds. The summed E-state index contributed by atoms with van der Waals surface area (Å²) >= 11 is 1.74. The Bertz CT molecular complexity index is 950. The van der Waals surface area contributed by atoms with Gasteiger partial charge in [0.15, 0.2) is 5.13 Å². The Morgan fingerprint density at radius 3 is 2.43 bits per heavy atom. The smallest absolute Gasteiger partial charge is 0.253 e. The summed E-state index contributed by atoms with van der Waals surface area (Å²) in [6, 6.07) is 11.8. The van der Waals surface area contributed by atoms with Crippen molar-refractivity contribution in [1.82, 2.24) is 9.88 Å². The second-order valence-electron chi connectivity index (χ2n) is 7.14. The summed E-state index contributed by atoms with van der Waals surface area (Å²) in [4.78, 5) is 21.8. The van der Waals surface area contributed by atoms with E-state index in [1.54, 1.807) is 11.3 Å². The highest BCUT2D eigenvalue weighted by atomic mass is 32.1. The molecule has 2 aromatic carbocycles. The average molecular weight is 396 g/mol. The summed E-state index contributed by atoms with van der Waals surface area (Å²) in [5, 5.41) is 1.05. The maximum absolute atomic E-state index is 12.8. The molecule has 0 saturated carbocycles. The highest BCUT2D eigenvalue weighted by Gasteiger charge is 2.24. The highest BCUT2D eigenvalue weighted by molar-refractivity contribution is 7.22. The van der Waals surface area contributed by atoms with Crippen molar-refractivity contribution < 1.29 is 9.53 Å². The molecule has 0 aliphatic carbocycles. The van der Waals surface area contributed by atoms with E-state index in [2.05, 4.69) is 30.9 Å². The van der Waals surface area contributed by atoms with E-state index in [-0.39, 0.29) is 5.91 Å². The Labute approximate surface area is 169 Å². The SMILES string of the molecule is CCOc1ccc(C(=O)N2CCN(c3nc4cc(C)c(C)cc4s3)CC2)cc1. The number of amides is 1. The van der Waals surface area contributed by atoms with Crippen LogP contribution in [-0.4, -0.2) is 48.6 Å². The maximum Gasteiger partial charge on any atom is 0.253 e. The summed E-state index contributed by atoms with van der Waals surface area (Å²) in [6.45, 7) is 9.87. The molecule has 1 saturated heterocycles. The molecular weight excluding hydrogens is 370 g/mol. The molecular formula is C22H25N3O2S. The summed E-state index contributed by atoms with van der Waals surface area (Å²) in [7, 11) is 0. The third kappa shape index (κ3) is 3.69. The number of piperazine rings is 1. The minimum absolute atomic E-state index is 0.0817. The van der Waals surface area contributed by atoms with Gasteiger partial charge in [-0.15, -0.1) is 0 Å². The summed E-state index contributed by atoms with van der Waals surface area (Å²) in [5.41, 5.74) is 4.35. The number of fused-ring (bicyclic) bond motifs is 1. The lowest BCUT2D eigenvalue weighted by atomic mass is 10.1. The van der Waals surface area contributed by atoms with Gasteiger partial charge in [-0.25, -0.2) is 4.98 Å². The first-order valence-corrected chi connectivity index (χ1v) is 10.5. The Morgan fingerprint density at radius 2 is 1.75 bits per heavy atom. The summed E-state index contributed by atoms with van der Waals surface area (Å²) in [5.74, 6) is 0.878. The van der Waals surface area contributed by atoms with E-state index in [9.17, 15) is 4.79 Å². The normalized spacial score (nSPS) is 14.5. The van der Waals surface area contributed by atoms with E-state index < -0.39 is 0 Å². The van der Waals surface area contributed by atoms with E-state index in [0.29, 0.717) is 25.3 Å². The van der Waals surface area contributed by atoms with Gasteiger partial charge in [0.2, 0.25) is 0 Å². The number of aromatic nitrogens is 1. The molecule has 1 aromatic heterocycles. The van der Waals surface area contributed by atoms with Crippen molar-refractivity contribution in [2.75, 3.05) is 37.7 Å². The van der Waals surface area contributed by atoms with Gasteiger partial charge >= 0.3 is 0 Å². The molecule has 6 heteroatoms. The van der Waals surface area contributed by atoms with Crippen molar-refractivity contribution in [2.45, 2.75) is 20.8 Å². The third-order valence-corrected chi connectivity index (χ3v) is 6.32. The second kappa shape index (κ2) is 7.80. The number of benzene rings is 2. The molecule has 0 N–H and O–H groups in total. The fourth-order valence-electron chi connectivity index (χ4n) is 3.45. The number of thiazole rings is 1. The van der Waals surface area contributed by atoms with Crippen LogP contribution in [0.3, 0.4) is 0 Å². The van der Waals surface area contributed by atoms with Gasteiger partial charge in [-0.05, 0) is 68.3 Å². The van der Waals surface area contributed by atoms with E-state index in [1.807, 2.05) is 36.1 Å². The van der Waals surface area contributed by atoms with Gasteiger partial charge in [0.25, 0.3) is 5.91 Å². The topological polar surface area (TPSA) is 45.7 Å². The number of hydrogen-bond acceptors (Lipinski definition) is 5. The molecule has 4 rings (SSSR count). The first-order valence-electron chi connectivity index (χ1n) is 9.70. The maximum atomic E-state index is 12.8. The van der Waals surface area contributed by atoms with E-state index in [4.69, 9.17) is 9.72 Å². The standard InChI is InChI=1S/C22H25N3O2S/c1-4-27-18-7-5-17(6-8-18)21(26)24-9-11-25(12-10-24)22-23-19-13-15(2)16(3)14-20(19)28-22/h5-8,13-14H,4,9-12H2,1-3H3. The average Bonchev–Trinajstić information content (AvgIpc) is 3.11.